The Bertz CT molecular complexity index is 878. The largest absolute Gasteiger partial charge is 0.328 e. The Morgan fingerprint density at radius 2 is 1.89 bits per heavy atom. The Morgan fingerprint density at radius 1 is 1.14 bits per heavy atom. The van der Waals surface area contributed by atoms with Crippen molar-refractivity contribution in [2.24, 2.45) is 16.8 Å². The van der Waals surface area contributed by atoms with E-state index in [9.17, 15) is 8.42 Å². The molecule has 1 saturated heterocycles. The van der Waals surface area contributed by atoms with Crippen molar-refractivity contribution in [1.82, 2.24) is 25.9 Å². The van der Waals surface area contributed by atoms with Gasteiger partial charge in [0.2, 0.25) is 5.82 Å². The molecule has 6 N–H and O–H groups in total. The van der Waals surface area contributed by atoms with Crippen molar-refractivity contribution in [2.45, 2.75) is 47.4 Å². The maximum Gasteiger partial charge on any atom is 0.206 e. The molecule has 2 heterocycles. The number of nitrogens with two attached hydrogens (primary N) is 2. The first-order chi connectivity index (χ1) is 13.5. The minimum Gasteiger partial charge on any atom is -0.328 e. The smallest absolute Gasteiger partial charge is 0.206 e. The Hall–Kier alpha value is -1.53. The van der Waals surface area contributed by atoms with E-state index < -0.39 is 21.8 Å². The second-order valence-electron chi connectivity index (χ2n) is 7.54. The average molecular weight is 424 g/mol. The molecule has 2 atom stereocenters. The van der Waals surface area contributed by atoms with Gasteiger partial charge in [-0.05, 0) is 54.4 Å². The van der Waals surface area contributed by atoms with Gasteiger partial charge in [-0.3, -0.25) is 4.21 Å². The van der Waals surface area contributed by atoms with Crippen molar-refractivity contribution in [2.75, 3.05) is 18.8 Å². The Kier molecular flexibility index (Phi) is 5.97. The number of H-pyrrole nitrogens is 1. The molecule has 0 spiro atoms. The molecular formula is C17H25N7O2S2. The second kappa shape index (κ2) is 8.46. The van der Waals surface area contributed by atoms with Crippen molar-refractivity contribution in [3.8, 4) is 11.4 Å². The monoisotopic (exact) mass is 423 g/mol. The highest BCUT2D eigenvalue weighted by Gasteiger charge is 2.30. The molecule has 4 rings (SSSR count). The molecule has 9 nitrogen and oxygen atoms in total. The summed E-state index contributed by atoms with van der Waals surface area (Å²) in [5.41, 5.74) is 7.65. The summed E-state index contributed by atoms with van der Waals surface area (Å²) in [6.07, 6.45) is 3.72. The van der Waals surface area contributed by atoms with Crippen LogP contribution >= 0.6 is 0 Å². The van der Waals surface area contributed by atoms with Gasteiger partial charge in [-0.1, -0.05) is 6.07 Å². The zero-order valence-corrected chi connectivity index (χ0v) is 17.1. The first-order valence-corrected chi connectivity index (χ1v) is 12.0. The molecule has 152 valence electrons. The molecule has 2 aromatic rings. The van der Waals surface area contributed by atoms with Crippen LogP contribution in [-0.2, 0) is 21.8 Å². The fraction of sp³-hybridized carbons (Fsp3) is 0.588. The van der Waals surface area contributed by atoms with Crippen molar-refractivity contribution in [3.05, 3.63) is 17.7 Å². The van der Waals surface area contributed by atoms with Crippen LogP contribution in [0.4, 0.5) is 0 Å². The lowest BCUT2D eigenvalue weighted by Crippen LogP contribution is -2.44. The minimum absolute atomic E-state index is 0.218. The highest BCUT2D eigenvalue weighted by atomic mass is 32.2. The Morgan fingerprint density at radius 3 is 2.46 bits per heavy atom. The summed E-state index contributed by atoms with van der Waals surface area (Å²) in [6.45, 7) is 1.70. The molecule has 1 aliphatic heterocycles. The second-order valence-corrected chi connectivity index (χ2v) is 10.0. The summed E-state index contributed by atoms with van der Waals surface area (Å²) < 4.78 is 25.6. The van der Waals surface area contributed by atoms with E-state index in [1.165, 1.54) is 0 Å². The van der Waals surface area contributed by atoms with Crippen molar-refractivity contribution >= 4 is 21.8 Å². The number of benzene rings is 1. The normalized spacial score (nSPS) is 25.2. The lowest BCUT2D eigenvalue weighted by atomic mass is 9.80. The van der Waals surface area contributed by atoms with E-state index in [0.29, 0.717) is 32.8 Å². The van der Waals surface area contributed by atoms with Crippen LogP contribution in [0.25, 0.3) is 11.4 Å². The van der Waals surface area contributed by atoms with Crippen molar-refractivity contribution in [1.29, 1.82) is 0 Å². The molecule has 2 fully saturated rings. The highest BCUT2D eigenvalue weighted by molar-refractivity contribution is 7.87. The molecular weight excluding hydrogens is 398 g/mol. The summed E-state index contributed by atoms with van der Waals surface area (Å²) in [7, 11) is -3.14. The number of nitrogens with zero attached hydrogens (tertiary/aromatic N) is 3. The van der Waals surface area contributed by atoms with Gasteiger partial charge in [-0.15, -0.1) is 10.2 Å². The number of aromatic amines is 1. The molecule has 0 amide bonds. The van der Waals surface area contributed by atoms with E-state index >= 15 is 0 Å². The van der Waals surface area contributed by atoms with Crippen LogP contribution in [0.1, 0.15) is 37.2 Å². The van der Waals surface area contributed by atoms with Gasteiger partial charge in [0.25, 0.3) is 0 Å². The summed E-state index contributed by atoms with van der Waals surface area (Å²) in [5, 5.41) is 23.4. The standard InChI is InChI=1S/C17H25N7O2S2/c18-12-3-1-11(2-4-12)13-5-6-14(27(25)9-10-7-20-8-10)16(28(19)26)15(13)17-21-23-24-22-17/h5-6,10-12,20H,1-4,7-9,18-19H2,(H,21,22,23,24). The van der Waals surface area contributed by atoms with Crippen LogP contribution in [-0.4, -0.2) is 53.9 Å². The lowest BCUT2D eigenvalue weighted by Gasteiger charge is -2.29. The van der Waals surface area contributed by atoms with Gasteiger partial charge in [0, 0.05) is 30.4 Å². The third kappa shape index (κ3) is 3.94. The fourth-order valence-corrected chi connectivity index (χ4v) is 6.57. The van der Waals surface area contributed by atoms with Crippen LogP contribution < -0.4 is 16.2 Å². The van der Waals surface area contributed by atoms with Crippen LogP contribution in [0.5, 0.6) is 0 Å². The molecule has 2 aliphatic rings. The van der Waals surface area contributed by atoms with Crippen molar-refractivity contribution < 1.29 is 8.42 Å². The van der Waals surface area contributed by atoms with E-state index in [2.05, 4.69) is 25.9 Å². The summed E-state index contributed by atoms with van der Waals surface area (Å²) in [4.78, 5) is 0.864. The number of hydrogen-bond donors (Lipinski definition) is 4. The quantitative estimate of drug-likeness (QED) is 0.516. The van der Waals surface area contributed by atoms with Crippen LogP contribution in [0.2, 0.25) is 0 Å². The number of hydrogen-bond acceptors (Lipinski definition) is 7. The van der Waals surface area contributed by atoms with E-state index in [1.807, 2.05) is 12.1 Å². The highest BCUT2D eigenvalue weighted by Crippen LogP contribution is 2.41. The maximum atomic E-state index is 13.0. The summed E-state index contributed by atoms with van der Waals surface area (Å²) >= 11 is 0. The Labute approximate surface area is 168 Å². The Balaban J connectivity index is 1.80. The molecule has 11 heteroatoms. The molecule has 0 bridgehead atoms. The molecule has 1 saturated carbocycles. The molecule has 2 unspecified atom stereocenters. The lowest BCUT2D eigenvalue weighted by molar-refractivity contribution is 0.382. The topological polar surface area (TPSA) is 153 Å². The van der Waals surface area contributed by atoms with Crippen molar-refractivity contribution in [3.63, 3.8) is 0 Å². The SMILES string of the molecule is NC1CCC(c2ccc(S(=O)CC3CNC3)c(S(N)=O)c2-c2nn[nH]n2)CC1. The van der Waals surface area contributed by atoms with E-state index in [1.54, 1.807) is 0 Å². The summed E-state index contributed by atoms with van der Waals surface area (Å²) in [5.74, 6) is 1.45. The first kappa shape index (κ1) is 19.8. The zero-order valence-electron chi connectivity index (χ0n) is 15.5. The van der Waals surface area contributed by atoms with Crippen LogP contribution in [0.3, 0.4) is 0 Å². The van der Waals surface area contributed by atoms with E-state index in [-0.39, 0.29) is 12.0 Å². The average Bonchev–Trinajstić information content (AvgIpc) is 3.18. The third-order valence-corrected chi connectivity index (χ3v) is 8.19. The maximum absolute atomic E-state index is 13.0. The molecule has 0 radical (unpaired) electrons. The number of nitrogens with one attached hydrogen (secondary N) is 2. The van der Waals surface area contributed by atoms with Crippen LogP contribution in [0.15, 0.2) is 21.9 Å². The molecule has 1 aliphatic carbocycles. The predicted molar refractivity (Wildman–Crippen MR) is 107 cm³/mol. The fourth-order valence-electron chi connectivity index (χ4n) is 4.00. The van der Waals surface area contributed by atoms with Gasteiger partial charge in [-0.2, -0.15) is 5.21 Å². The molecule has 1 aromatic carbocycles. The number of rotatable bonds is 6. The zero-order chi connectivity index (χ0) is 19.7. The minimum atomic E-state index is -1.83. The van der Waals surface area contributed by atoms with Gasteiger partial charge in [-0.25, -0.2) is 9.35 Å². The predicted octanol–water partition coefficient (Wildman–Crippen LogP) is 0.160. The summed E-state index contributed by atoms with van der Waals surface area (Å²) in [6, 6.07) is 4.00. The number of aromatic nitrogens is 4. The molecule has 28 heavy (non-hydrogen) atoms. The van der Waals surface area contributed by atoms with Gasteiger partial charge in [0.1, 0.15) is 11.0 Å². The van der Waals surface area contributed by atoms with Gasteiger partial charge < -0.3 is 11.1 Å². The van der Waals surface area contributed by atoms with E-state index in [0.717, 1.165) is 44.3 Å². The van der Waals surface area contributed by atoms with E-state index in [4.69, 9.17) is 10.9 Å². The first-order valence-electron chi connectivity index (χ1n) is 9.46. The van der Waals surface area contributed by atoms with Gasteiger partial charge >= 0.3 is 0 Å². The number of tetrazole rings is 1. The van der Waals surface area contributed by atoms with Gasteiger partial charge in [0.05, 0.1) is 20.6 Å². The van der Waals surface area contributed by atoms with Gasteiger partial charge in [0.15, 0.2) is 0 Å². The third-order valence-electron chi connectivity index (χ3n) is 5.63. The van der Waals surface area contributed by atoms with Crippen LogP contribution in [0, 0.1) is 5.92 Å². The molecule has 1 aromatic heterocycles.